The summed E-state index contributed by atoms with van der Waals surface area (Å²) in [6, 6.07) is 5.40. The lowest BCUT2D eigenvalue weighted by molar-refractivity contribution is -0.117. The second-order valence-corrected chi connectivity index (χ2v) is 6.84. The SMILES string of the molecule is CC(=O)SC1CC(=O)N(c2cc(Br)ccc2Cl)C1. The highest BCUT2D eigenvalue weighted by Crippen LogP contribution is 2.34. The van der Waals surface area contributed by atoms with Crippen molar-refractivity contribution in [2.24, 2.45) is 0 Å². The van der Waals surface area contributed by atoms with Crippen LogP contribution in [-0.2, 0) is 9.59 Å². The maximum atomic E-state index is 12.0. The van der Waals surface area contributed by atoms with Gasteiger partial charge in [-0.15, -0.1) is 0 Å². The predicted molar refractivity (Wildman–Crippen MR) is 78.2 cm³/mol. The maximum Gasteiger partial charge on any atom is 0.228 e. The molecule has 6 heteroatoms. The monoisotopic (exact) mass is 347 g/mol. The maximum absolute atomic E-state index is 12.0. The van der Waals surface area contributed by atoms with Crippen LogP contribution in [0.25, 0.3) is 0 Å². The summed E-state index contributed by atoms with van der Waals surface area (Å²) in [5.74, 6) is 0.00810. The molecule has 1 aliphatic rings. The lowest BCUT2D eigenvalue weighted by atomic mass is 10.3. The number of rotatable bonds is 2. The molecule has 1 saturated heterocycles. The minimum absolute atomic E-state index is 0.00810. The van der Waals surface area contributed by atoms with E-state index in [2.05, 4.69) is 15.9 Å². The van der Waals surface area contributed by atoms with Crippen molar-refractivity contribution in [2.45, 2.75) is 18.6 Å². The molecule has 1 aliphatic heterocycles. The zero-order valence-electron chi connectivity index (χ0n) is 9.65. The van der Waals surface area contributed by atoms with Crippen LogP contribution >= 0.6 is 39.3 Å². The van der Waals surface area contributed by atoms with Gasteiger partial charge in [0, 0.05) is 29.6 Å². The molecular formula is C12H11BrClNO2S. The zero-order chi connectivity index (χ0) is 13.3. The molecule has 2 rings (SSSR count). The third-order valence-electron chi connectivity index (χ3n) is 2.62. The number of nitrogens with zero attached hydrogens (tertiary/aromatic N) is 1. The van der Waals surface area contributed by atoms with Crippen molar-refractivity contribution < 1.29 is 9.59 Å². The first-order valence-electron chi connectivity index (χ1n) is 5.40. The molecule has 1 heterocycles. The number of hydrogen-bond donors (Lipinski definition) is 0. The highest BCUT2D eigenvalue weighted by Gasteiger charge is 2.32. The average molecular weight is 349 g/mol. The number of benzene rings is 1. The summed E-state index contributed by atoms with van der Waals surface area (Å²) < 4.78 is 0.873. The van der Waals surface area contributed by atoms with Crippen molar-refractivity contribution in [3.05, 3.63) is 27.7 Å². The van der Waals surface area contributed by atoms with Gasteiger partial charge in [-0.25, -0.2) is 0 Å². The van der Waals surface area contributed by atoms with Crippen molar-refractivity contribution in [2.75, 3.05) is 11.4 Å². The van der Waals surface area contributed by atoms with Crippen LogP contribution < -0.4 is 4.90 Å². The summed E-state index contributed by atoms with van der Waals surface area (Å²) in [5.41, 5.74) is 0.697. The van der Waals surface area contributed by atoms with Crippen LogP contribution in [0.15, 0.2) is 22.7 Å². The van der Waals surface area contributed by atoms with E-state index in [1.165, 1.54) is 18.7 Å². The predicted octanol–water partition coefficient (Wildman–Crippen LogP) is 3.49. The Labute approximate surface area is 123 Å². The normalized spacial score (nSPS) is 19.4. The third kappa shape index (κ3) is 3.08. The number of carbonyl (C=O) groups excluding carboxylic acids is 2. The Bertz CT molecular complexity index is 509. The molecular weight excluding hydrogens is 338 g/mol. The average Bonchev–Trinajstić information content (AvgIpc) is 2.62. The smallest absolute Gasteiger partial charge is 0.228 e. The molecule has 1 unspecified atom stereocenters. The van der Waals surface area contributed by atoms with Crippen molar-refractivity contribution in [3.63, 3.8) is 0 Å². The van der Waals surface area contributed by atoms with Gasteiger partial charge in [0.05, 0.1) is 10.7 Å². The molecule has 1 aromatic carbocycles. The zero-order valence-corrected chi connectivity index (χ0v) is 12.8. The van der Waals surface area contributed by atoms with E-state index >= 15 is 0 Å². The van der Waals surface area contributed by atoms with Gasteiger partial charge in [-0.1, -0.05) is 39.3 Å². The Balaban J connectivity index is 2.21. The van der Waals surface area contributed by atoms with Crippen LogP contribution in [0.2, 0.25) is 5.02 Å². The molecule has 0 aliphatic carbocycles. The van der Waals surface area contributed by atoms with Crippen LogP contribution in [0, 0.1) is 0 Å². The van der Waals surface area contributed by atoms with Crippen molar-refractivity contribution >= 4 is 56.0 Å². The van der Waals surface area contributed by atoms with Gasteiger partial charge in [-0.05, 0) is 18.2 Å². The highest BCUT2D eigenvalue weighted by atomic mass is 79.9. The number of hydrogen-bond acceptors (Lipinski definition) is 3. The molecule has 0 aromatic heterocycles. The summed E-state index contributed by atoms with van der Waals surface area (Å²) in [6.07, 6.45) is 0.382. The second-order valence-electron chi connectivity index (χ2n) is 4.04. The number of anilines is 1. The Morgan fingerprint density at radius 2 is 2.28 bits per heavy atom. The van der Waals surface area contributed by atoms with Gasteiger partial charge in [0.25, 0.3) is 0 Å². The van der Waals surface area contributed by atoms with Gasteiger partial charge in [0.2, 0.25) is 5.91 Å². The van der Waals surface area contributed by atoms with Gasteiger partial charge in [-0.3, -0.25) is 9.59 Å². The number of halogens is 2. The van der Waals surface area contributed by atoms with E-state index in [1.54, 1.807) is 11.0 Å². The van der Waals surface area contributed by atoms with E-state index in [0.717, 1.165) is 4.47 Å². The van der Waals surface area contributed by atoms with Crippen LogP contribution in [0.4, 0.5) is 5.69 Å². The summed E-state index contributed by atoms with van der Waals surface area (Å²) in [7, 11) is 0. The number of carbonyl (C=O) groups is 2. The molecule has 0 bridgehead atoms. The molecule has 0 N–H and O–H groups in total. The van der Waals surface area contributed by atoms with Crippen LogP contribution in [0.3, 0.4) is 0 Å². The first-order chi connectivity index (χ1) is 8.47. The van der Waals surface area contributed by atoms with Crippen molar-refractivity contribution in [3.8, 4) is 0 Å². The molecule has 0 radical (unpaired) electrons. The van der Waals surface area contributed by atoms with Crippen LogP contribution in [-0.4, -0.2) is 22.8 Å². The summed E-state index contributed by atoms with van der Waals surface area (Å²) in [4.78, 5) is 24.7. The minimum atomic E-state index is 0.00810. The fourth-order valence-corrected chi connectivity index (χ4v) is 3.40. The van der Waals surface area contributed by atoms with E-state index in [1.807, 2.05) is 12.1 Å². The van der Waals surface area contributed by atoms with Gasteiger partial charge >= 0.3 is 0 Å². The Kier molecular flexibility index (Phi) is 4.35. The first kappa shape index (κ1) is 13.9. The molecule has 0 saturated carbocycles. The fourth-order valence-electron chi connectivity index (χ4n) is 1.91. The quantitative estimate of drug-likeness (QED) is 0.821. The number of amides is 1. The van der Waals surface area contributed by atoms with Gasteiger partial charge in [0.1, 0.15) is 0 Å². The Morgan fingerprint density at radius 3 is 2.94 bits per heavy atom. The van der Waals surface area contributed by atoms with Crippen LogP contribution in [0.5, 0.6) is 0 Å². The van der Waals surface area contributed by atoms with Gasteiger partial charge in [0.15, 0.2) is 5.12 Å². The van der Waals surface area contributed by atoms with Gasteiger partial charge in [-0.2, -0.15) is 0 Å². The standard InChI is InChI=1S/C12H11BrClNO2S/c1-7(16)18-9-5-12(17)15(6-9)11-4-8(13)2-3-10(11)14/h2-4,9H,5-6H2,1H3. The molecule has 0 spiro atoms. The van der Waals surface area contributed by atoms with Crippen LogP contribution in [0.1, 0.15) is 13.3 Å². The molecule has 1 atom stereocenters. The second kappa shape index (κ2) is 5.63. The molecule has 1 fully saturated rings. The first-order valence-corrected chi connectivity index (χ1v) is 7.45. The lowest BCUT2D eigenvalue weighted by Crippen LogP contribution is -2.25. The van der Waals surface area contributed by atoms with E-state index < -0.39 is 0 Å². The Morgan fingerprint density at radius 1 is 1.56 bits per heavy atom. The summed E-state index contributed by atoms with van der Waals surface area (Å²) >= 11 is 10.7. The topological polar surface area (TPSA) is 37.4 Å². The van der Waals surface area contributed by atoms with E-state index in [9.17, 15) is 9.59 Å². The van der Waals surface area contributed by atoms with Gasteiger partial charge < -0.3 is 4.90 Å². The van der Waals surface area contributed by atoms with E-state index in [4.69, 9.17) is 11.6 Å². The molecule has 1 aromatic rings. The van der Waals surface area contributed by atoms with Crippen molar-refractivity contribution in [1.29, 1.82) is 0 Å². The summed E-state index contributed by atoms with van der Waals surface area (Å²) in [6.45, 7) is 2.04. The summed E-state index contributed by atoms with van der Waals surface area (Å²) in [5, 5.41) is 0.597. The molecule has 3 nitrogen and oxygen atoms in total. The molecule has 18 heavy (non-hydrogen) atoms. The fraction of sp³-hybridized carbons (Fsp3) is 0.333. The highest BCUT2D eigenvalue weighted by molar-refractivity contribution is 9.10. The van der Waals surface area contributed by atoms with E-state index in [0.29, 0.717) is 23.7 Å². The minimum Gasteiger partial charge on any atom is -0.310 e. The molecule has 1 amide bonds. The largest absolute Gasteiger partial charge is 0.310 e. The third-order valence-corrected chi connectivity index (χ3v) is 4.42. The lowest BCUT2D eigenvalue weighted by Gasteiger charge is -2.18. The molecule has 96 valence electrons. The Hall–Kier alpha value is -0.520. The van der Waals surface area contributed by atoms with E-state index in [-0.39, 0.29) is 16.3 Å². The van der Waals surface area contributed by atoms with Crippen molar-refractivity contribution in [1.82, 2.24) is 0 Å². The number of thioether (sulfide) groups is 1.